The van der Waals surface area contributed by atoms with Crippen molar-refractivity contribution in [3.63, 3.8) is 0 Å². The molecule has 0 amide bonds. The lowest BCUT2D eigenvalue weighted by atomic mass is 10.1. The van der Waals surface area contributed by atoms with Crippen molar-refractivity contribution in [3.8, 4) is 22.8 Å². The molecule has 0 atom stereocenters. The first-order chi connectivity index (χ1) is 8.99. The number of nitrogens with zero attached hydrogens (tertiary/aromatic N) is 1. The molecular formula is C13H13NO5. The number of ether oxygens (including phenoxy) is 1. The molecule has 0 fully saturated rings. The maximum Gasteiger partial charge on any atom is 0.374 e. The molecule has 1 aromatic heterocycles. The van der Waals surface area contributed by atoms with E-state index in [1.54, 1.807) is 12.1 Å². The van der Waals surface area contributed by atoms with Gasteiger partial charge in [-0.15, -0.1) is 0 Å². The molecule has 1 heterocycles. The Bertz CT molecular complexity index is 603. The smallest absolute Gasteiger partial charge is 0.374 e. The summed E-state index contributed by atoms with van der Waals surface area (Å²) in [6.07, 6.45) is -0.0913. The molecule has 2 aromatic rings. The van der Waals surface area contributed by atoms with Crippen LogP contribution in [0.4, 0.5) is 0 Å². The van der Waals surface area contributed by atoms with Gasteiger partial charge in [-0.3, -0.25) is 0 Å². The highest BCUT2D eigenvalue weighted by Crippen LogP contribution is 2.37. The first-order valence-corrected chi connectivity index (χ1v) is 5.68. The second-order valence-electron chi connectivity index (χ2n) is 4.20. The summed E-state index contributed by atoms with van der Waals surface area (Å²) >= 11 is 0. The van der Waals surface area contributed by atoms with E-state index in [2.05, 4.69) is 9.68 Å². The van der Waals surface area contributed by atoms with Crippen LogP contribution in [-0.2, 0) is 0 Å². The van der Waals surface area contributed by atoms with Crippen LogP contribution < -0.4 is 4.74 Å². The van der Waals surface area contributed by atoms with Crippen molar-refractivity contribution in [2.24, 2.45) is 0 Å². The lowest BCUT2D eigenvalue weighted by Crippen LogP contribution is -2.06. The molecular weight excluding hydrogens is 250 g/mol. The Hall–Kier alpha value is -2.50. The normalized spacial score (nSPS) is 10.7. The number of aromatic nitrogens is 1. The van der Waals surface area contributed by atoms with Crippen LogP contribution in [-0.4, -0.2) is 27.4 Å². The molecule has 0 radical (unpaired) electrons. The average Bonchev–Trinajstić information content (AvgIpc) is 2.77. The highest BCUT2D eigenvalue weighted by Gasteiger charge is 2.19. The van der Waals surface area contributed by atoms with Gasteiger partial charge in [0.15, 0.2) is 0 Å². The Morgan fingerprint density at radius 1 is 1.42 bits per heavy atom. The third kappa shape index (κ3) is 2.67. The lowest BCUT2D eigenvalue weighted by Gasteiger charge is -2.13. The summed E-state index contributed by atoms with van der Waals surface area (Å²) in [6.45, 7) is 3.69. The van der Waals surface area contributed by atoms with Gasteiger partial charge in [0.25, 0.3) is 0 Å². The predicted octanol–water partition coefficient (Wildman–Crippen LogP) is 2.53. The van der Waals surface area contributed by atoms with Crippen LogP contribution >= 0.6 is 0 Å². The van der Waals surface area contributed by atoms with Gasteiger partial charge in [0.05, 0.1) is 11.7 Å². The average molecular weight is 263 g/mol. The molecule has 2 N–H and O–H groups in total. The van der Waals surface area contributed by atoms with Gasteiger partial charge >= 0.3 is 5.97 Å². The number of rotatable bonds is 4. The number of hydrogen-bond donors (Lipinski definition) is 2. The molecule has 6 nitrogen and oxygen atoms in total. The van der Waals surface area contributed by atoms with Crippen molar-refractivity contribution in [2.45, 2.75) is 20.0 Å². The van der Waals surface area contributed by atoms with Crippen LogP contribution in [0.1, 0.15) is 24.4 Å². The third-order valence-electron chi connectivity index (χ3n) is 2.34. The zero-order valence-electron chi connectivity index (χ0n) is 10.5. The summed E-state index contributed by atoms with van der Waals surface area (Å²) in [5, 5.41) is 22.3. The number of phenols is 1. The predicted molar refractivity (Wildman–Crippen MR) is 66.3 cm³/mol. The number of aromatic hydroxyl groups is 1. The molecule has 0 spiro atoms. The molecule has 2 rings (SSSR count). The molecule has 0 saturated carbocycles. The third-order valence-corrected chi connectivity index (χ3v) is 2.34. The van der Waals surface area contributed by atoms with E-state index in [0.717, 1.165) is 0 Å². The summed E-state index contributed by atoms with van der Waals surface area (Å²) in [4.78, 5) is 10.8. The van der Waals surface area contributed by atoms with Gasteiger partial charge in [-0.1, -0.05) is 11.2 Å². The van der Waals surface area contributed by atoms with Crippen molar-refractivity contribution in [1.82, 2.24) is 5.16 Å². The van der Waals surface area contributed by atoms with Crippen LogP contribution in [0.2, 0.25) is 0 Å². The van der Waals surface area contributed by atoms with Crippen LogP contribution in [0.25, 0.3) is 11.3 Å². The van der Waals surface area contributed by atoms with Gasteiger partial charge in [-0.2, -0.15) is 0 Å². The van der Waals surface area contributed by atoms with Gasteiger partial charge in [0.2, 0.25) is 5.76 Å². The van der Waals surface area contributed by atoms with E-state index in [1.807, 2.05) is 13.8 Å². The Labute approximate surface area is 109 Å². The summed E-state index contributed by atoms with van der Waals surface area (Å²) < 4.78 is 10.2. The van der Waals surface area contributed by atoms with Crippen LogP contribution in [0.3, 0.4) is 0 Å². The van der Waals surface area contributed by atoms with Crippen molar-refractivity contribution in [1.29, 1.82) is 0 Å². The molecule has 100 valence electrons. The fourth-order valence-electron chi connectivity index (χ4n) is 1.62. The minimum Gasteiger partial charge on any atom is -0.507 e. The molecule has 0 aliphatic heterocycles. The van der Waals surface area contributed by atoms with Crippen molar-refractivity contribution in [2.75, 3.05) is 0 Å². The summed E-state index contributed by atoms with van der Waals surface area (Å²) in [6, 6.07) is 6.02. The zero-order valence-corrected chi connectivity index (χ0v) is 10.5. The lowest BCUT2D eigenvalue weighted by molar-refractivity contribution is 0.0652. The van der Waals surface area contributed by atoms with E-state index in [0.29, 0.717) is 11.3 Å². The molecule has 0 aliphatic rings. The first-order valence-electron chi connectivity index (χ1n) is 5.68. The number of carbonyl (C=O) groups is 1. The molecule has 0 aliphatic carbocycles. The number of carboxylic acids is 1. The molecule has 6 heteroatoms. The monoisotopic (exact) mass is 263 g/mol. The Morgan fingerprint density at radius 2 is 2.16 bits per heavy atom. The van der Waals surface area contributed by atoms with Crippen molar-refractivity contribution in [3.05, 3.63) is 30.0 Å². The summed E-state index contributed by atoms with van der Waals surface area (Å²) in [5.41, 5.74) is 0.526. The SMILES string of the molecule is CC(C)Oc1cccc(O)c1-c1cc(C(=O)O)on1. The van der Waals surface area contributed by atoms with E-state index in [9.17, 15) is 9.90 Å². The minimum atomic E-state index is -1.22. The summed E-state index contributed by atoms with van der Waals surface area (Å²) in [5.74, 6) is -1.15. The summed E-state index contributed by atoms with van der Waals surface area (Å²) in [7, 11) is 0. The van der Waals surface area contributed by atoms with E-state index < -0.39 is 5.97 Å². The van der Waals surface area contributed by atoms with Crippen molar-refractivity contribution >= 4 is 5.97 Å². The fourth-order valence-corrected chi connectivity index (χ4v) is 1.62. The van der Waals surface area contributed by atoms with Gasteiger partial charge in [-0.25, -0.2) is 4.79 Å². The molecule has 1 aromatic carbocycles. The van der Waals surface area contributed by atoms with Gasteiger partial charge in [0, 0.05) is 6.07 Å². The second kappa shape index (κ2) is 5.01. The minimum absolute atomic E-state index is 0.0524. The second-order valence-corrected chi connectivity index (χ2v) is 4.20. The maximum absolute atomic E-state index is 10.8. The Balaban J connectivity index is 2.50. The van der Waals surface area contributed by atoms with Crippen LogP contribution in [0, 0.1) is 0 Å². The topological polar surface area (TPSA) is 92.8 Å². The van der Waals surface area contributed by atoms with Gasteiger partial charge in [0.1, 0.15) is 17.2 Å². The fraction of sp³-hybridized carbons (Fsp3) is 0.231. The zero-order chi connectivity index (χ0) is 14.0. The Morgan fingerprint density at radius 3 is 2.74 bits per heavy atom. The highest BCUT2D eigenvalue weighted by atomic mass is 16.5. The standard InChI is InChI=1S/C13H13NO5/c1-7(2)18-10-5-3-4-9(15)12(10)8-6-11(13(16)17)19-14-8/h3-7,15H,1-2H3,(H,16,17). The first kappa shape index (κ1) is 12.9. The molecule has 0 bridgehead atoms. The van der Waals surface area contributed by atoms with E-state index in [4.69, 9.17) is 9.84 Å². The Kier molecular flexibility index (Phi) is 3.41. The number of aromatic carboxylic acids is 1. The van der Waals surface area contributed by atoms with E-state index in [-0.39, 0.29) is 23.3 Å². The number of carboxylic acid groups (broad SMARTS) is 1. The largest absolute Gasteiger partial charge is 0.507 e. The van der Waals surface area contributed by atoms with Crippen LogP contribution in [0.15, 0.2) is 28.8 Å². The maximum atomic E-state index is 10.8. The number of benzene rings is 1. The molecule has 19 heavy (non-hydrogen) atoms. The number of phenolic OH excluding ortho intramolecular Hbond substituents is 1. The highest BCUT2D eigenvalue weighted by molar-refractivity contribution is 5.86. The van der Waals surface area contributed by atoms with Gasteiger partial charge in [-0.05, 0) is 26.0 Å². The van der Waals surface area contributed by atoms with E-state index in [1.165, 1.54) is 12.1 Å². The van der Waals surface area contributed by atoms with Crippen molar-refractivity contribution < 1.29 is 24.3 Å². The quantitative estimate of drug-likeness (QED) is 0.880. The van der Waals surface area contributed by atoms with Gasteiger partial charge < -0.3 is 19.5 Å². The number of hydrogen-bond acceptors (Lipinski definition) is 5. The molecule has 0 unspecified atom stereocenters. The van der Waals surface area contributed by atoms with E-state index >= 15 is 0 Å². The van der Waals surface area contributed by atoms with Crippen LogP contribution in [0.5, 0.6) is 11.5 Å². The molecule has 0 saturated heterocycles.